The van der Waals surface area contributed by atoms with E-state index < -0.39 is 0 Å². The van der Waals surface area contributed by atoms with E-state index in [1.807, 2.05) is 19.1 Å². The Bertz CT molecular complexity index is 369. The molecule has 0 aliphatic heterocycles. The van der Waals surface area contributed by atoms with Gasteiger partial charge in [-0.1, -0.05) is 6.07 Å². The summed E-state index contributed by atoms with van der Waals surface area (Å²) in [5.74, 6) is 0.675. The number of carbonyl (C=O) groups excluding carboxylic acids is 1. The molecule has 1 aromatic heterocycles. The van der Waals surface area contributed by atoms with Crippen LogP contribution in [-0.2, 0) is 9.53 Å². The molecule has 1 aromatic rings. The highest BCUT2D eigenvalue weighted by molar-refractivity contribution is 5.84. The quantitative estimate of drug-likeness (QED) is 0.723. The van der Waals surface area contributed by atoms with Crippen LogP contribution in [0.5, 0.6) is 0 Å². The fourth-order valence-electron chi connectivity index (χ4n) is 1.34. The predicted molar refractivity (Wildman–Crippen MR) is 66.9 cm³/mol. The zero-order valence-electron chi connectivity index (χ0n) is 10.5. The van der Waals surface area contributed by atoms with Gasteiger partial charge in [0.1, 0.15) is 11.9 Å². The van der Waals surface area contributed by atoms with E-state index in [1.54, 1.807) is 20.2 Å². The van der Waals surface area contributed by atoms with Crippen LogP contribution in [0, 0.1) is 6.92 Å². The van der Waals surface area contributed by atoms with Crippen molar-refractivity contribution in [2.24, 2.45) is 0 Å². The molecule has 17 heavy (non-hydrogen) atoms. The van der Waals surface area contributed by atoms with E-state index in [9.17, 15) is 4.79 Å². The highest BCUT2D eigenvalue weighted by Crippen LogP contribution is 2.10. The van der Waals surface area contributed by atoms with Crippen molar-refractivity contribution >= 4 is 11.7 Å². The van der Waals surface area contributed by atoms with E-state index >= 15 is 0 Å². The van der Waals surface area contributed by atoms with Crippen LogP contribution in [-0.4, -0.2) is 37.2 Å². The molecule has 0 aromatic carbocycles. The Morgan fingerprint density at radius 2 is 2.35 bits per heavy atom. The van der Waals surface area contributed by atoms with Gasteiger partial charge in [-0.2, -0.15) is 0 Å². The van der Waals surface area contributed by atoms with Gasteiger partial charge in [0.05, 0.1) is 6.61 Å². The highest BCUT2D eigenvalue weighted by Gasteiger charge is 2.12. The Kier molecular flexibility index (Phi) is 5.42. The number of nitrogens with one attached hydrogen (secondary N) is 2. The molecular weight excluding hydrogens is 218 g/mol. The van der Waals surface area contributed by atoms with Gasteiger partial charge in [0.25, 0.3) is 0 Å². The van der Waals surface area contributed by atoms with Gasteiger partial charge >= 0.3 is 0 Å². The Morgan fingerprint density at radius 1 is 1.59 bits per heavy atom. The van der Waals surface area contributed by atoms with Crippen molar-refractivity contribution in [2.75, 3.05) is 25.6 Å². The lowest BCUT2D eigenvalue weighted by Gasteiger charge is -2.15. The number of pyridine rings is 1. The van der Waals surface area contributed by atoms with Gasteiger partial charge < -0.3 is 15.4 Å². The number of anilines is 1. The molecule has 0 radical (unpaired) electrons. The second kappa shape index (κ2) is 6.85. The molecule has 1 unspecified atom stereocenters. The number of hydrogen-bond donors (Lipinski definition) is 2. The van der Waals surface area contributed by atoms with Crippen LogP contribution in [0.1, 0.15) is 12.5 Å². The molecule has 0 fully saturated rings. The van der Waals surface area contributed by atoms with Crippen molar-refractivity contribution in [3.8, 4) is 0 Å². The zero-order chi connectivity index (χ0) is 12.7. The first-order valence-electron chi connectivity index (χ1n) is 5.60. The van der Waals surface area contributed by atoms with Gasteiger partial charge in [-0.3, -0.25) is 4.79 Å². The minimum atomic E-state index is -0.319. The number of hydrogen-bond acceptors (Lipinski definition) is 4. The van der Waals surface area contributed by atoms with E-state index in [-0.39, 0.29) is 11.9 Å². The number of amides is 1. The van der Waals surface area contributed by atoms with Gasteiger partial charge in [0.15, 0.2) is 0 Å². The third kappa shape index (κ3) is 4.40. The van der Waals surface area contributed by atoms with Crippen molar-refractivity contribution in [1.82, 2.24) is 10.3 Å². The molecule has 2 N–H and O–H groups in total. The first-order valence-corrected chi connectivity index (χ1v) is 5.60. The third-order valence-corrected chi connectivity index (χ3v) is 2.36. The topological polar surface area (TPSA) is 63.2 Å². The zero-order valence-corrected chi connectivity index (χ0v) is 10.5. The van der Waals surface area contributed by atoms with Crippen LogP contribution in [0.2, 0.25) is 0 Å². The monoisotopic (exact) mass is 237 g/mol. The smallest absolute Gasteiger partial charge is 0.242 e. The van der Waals surface area contributed by atoms with Gasteiger partial charge in [-0.25, -0.2) is 4.98 Å². The number of nitrogens with zero attached hydrogens (tertiary/aromatic N) is 1. The van der Waals surface area contributed by atoms with Crippen LogP contribution in [0.4, 0.5) is 5.82 Å². The van der Waals surface area contributed by atoms with Gasteiger partial charge in [0.2, 0.25) is 5.91 Å². The molecule has 0 bridgehead atoms. The van der Waals surface area contributed by atoms with Crippen molar-refractivity contribution in [1.29, 1.82) is 0 Å². The summed E-state index contributed by atoms with van der Waals surface area (Å²) < 4.78 is 4.86. The lowest BCUT2D eigenvalue weighted by Crippen LogP contribution is -2.39. The maximum atomic E-state index is 11.7. The van der Waals surface area contributed by atoms with Crippen molar-refractivity contribution < 1.29 is 9.53 Å². The number of ether oxygens (including phenoxy) is 1. The maximum Gasteiger partial charge on any atom is 0.242 e. The van der Waals surface area contributed by atoms with E-state index in [0.717, 1.165) is 11.4 Å². The van der Waals surface area contributed by atoms with Gasteiger partial charge in [-0.05, 0) is 25.5 Å². The van der Waals surface area contributed by atoms with Gasteiger partial charge in [0, 0.05) is 19.9 Å². The molecule has 1 rings (SSSR count). The van der Waals surface area contributed by atoms with Crippen molar-refractivity contribution in [3.63, 3.8) is 0 Å². The molecule has 1 heterocycles. The second-order valence-electron chi connectivity index (χ2n) is 3.82. The standard InChI is InChI=1S/C12H19N3O2/c1-9-5-4-6-13-11(9)15-10(2)12(16)14-7-8-17-3/h4-6,10H,7-8H2,1-3H3,(H,13,15)(H,14,16). The average molecular weight is 237 g/mol. The van der Waals surface area contributed by atoms with Crippen LogP contribution in [0.3, 0.4) is 0 Å². The molecule has 94 valence electrons. The number of rotatable bonds is 6. The summed E-state index contributed by atoms with van der Waals surface area (Å²) >= 11 is 0. The molecule has 0 aliphatic rings. The first-order chi connectivity index (χ1) is 8.15. The summed E-state index contributed by atoms with van der Waals surface area (Å²) in [6.45, 7) is 4.78. The molecule has 0 aliphatic carbocycles. The molecule has 0 saturated carbocycles. The lowest BCUT2D eigenvalue weighted by atomic mass is 10.2. The Morgan fingerprint density at radius 3 is 3.00 bits per heavy atom. The fraction of sp³-hybridized carbons (Fsp3) is 0.500. The molecule has 0 saturated heterocycles. The predicted octanol–water partition coefficient (Wildman–Crippen LogP) is 0.953. The maximum absolute atomic E-state index is 11.7. The minimum Gasteiger partial charge on any atom is -0.383 e. The highest BCUT2D eigenvalue weighted by atomic mass is 16.5. The number of methoxy groups -OCH3 is 1. The summed E-state index contributed by atoms with van der Waals surface area (Å²) in [7, 11) is 1.60. The molecule has 1 amide bonds. The minimum absolute atomic E-state index is 0.0629. The number of carbonyl (C=O) groups is 1. The molecule has 0 spiro atoms. The summed E-state index contributed by atoms with van der Waals surface area (Å²) in [5, 5.41) is 5.84. The normalized spacial score (nSPS) is 11.9. The largest absolute Gasteiger partial charge is 0.383 e. The number of aromatic nitrogens is 1. The van der Waals surface area contributed by atoms with E-state index in [4.69, 9.17) is 4.74 Å². The molecular formula is C12H19N3O2. The van der Waals surface area contributed by atoms with Crippen molar-refractivity contribution in [2.45, 2.75) is 19.9 Å². The Labute approximate surface area is 102 Å². The average Bonchev–Trinajstić information content (AvgIpc) is 2.32. The third-order valence-electron chi connectivity index (χ3n) is 2.36. The van der Waals surface area contributed by atoms with Crippen LogP contribution >= 0.6 is 0 Å². The molecule has 5 nitrogen and oxygen atoms in total. The van der Waals surface area contributed by atoms with Gasteiger partial charge in [-0.15, -0.1) is 0 Å². The van der Waals surface area contributed by atoms with Crippen LogP contribution < -0.4 is 10.6 Å². The Balaban J connectivity index is 2.46. The molecule has 5 heteroatoms. The first kappa shape index (κ1) is 13.4. The summed E-state index contributed by atoms with van der Waals surface area (Å²) in [5.41, 5.74) is 1.02. The summed E-state index contributed by atoms with van der Waals surface area (Å²) in [6.07, 6.45) is 1.70. The second-order valence-corrected chi connectivity index (χ2v) is 3.82. The Hall–Kier alpha value is -1.62. The van der Waals surface area contributed by atoms with Crippen LogP contribution in [0.15, 0.2) is 18.3 Å². The van der Waals surface area contributed by atoms with E-state index in [1.165, 1.54) is 0 Å². The van der Waals surface area contributed by atoms with Crippen LogP contribution in [0.25, 0.3) is 0 Å². The SMILES string of the molecule is COCCNC(=O)C(C)Nc1ncccc1C. The summed E-state index contributed by atoms with van der Waals surface area (Å²) in [6, 6.07) is 3.50. The fourth-order valence-corrected chi connectivity index (χ4v) is 1.34. The van der Waals surface area contributed by atoms with E-state index in [0.29, 0.717) is 13.2 Å². The lowest BCUT2D eigenvalue weighted by molar-refractivity contribution is -0.121. The van der Waals surface area contributed by atoms with Crippen molar-refractivity contribution in [3.05, 3.63) is 23.9 Å². The number of aryl methyl sites for hydroxylation is 1. The van der Waals surface area contributed by atoms with E-state index in [2.05, 4.69) is 15.6 Å². The molecule has 1 atom stereocenters. The summed E-state index contributed by atoms with van der Waals surface area (Å²) in [4.78, 5) is 15.9.